The normalized spacial score (nSPS) is 11.6. The van der Waals surface area contributed by atoms with E-state index < -0.39 is 0 Å². The van der Waals surface area contributed by atoms with E-state index in [1.54, 1.807) is 0 Å². The summed E-state index contributed by atoms with van der Waals surface area (Å²) in [6.07, 6.45) is 0. The zero-order valence-corrected chi connectivity index (χ0v) is 30.3. The van der Waals surface area contributed by atoms with Gasteiger partial charge in [-0.25, -0.2) is 0 Å². The average molecular weight is 719 g/mol. The topological polar surface area (TPSA) is 32.8 Å². The largest absolute Gasteiger partial charge is 0.456 e. The van der Waals surface area contributed by atoms with Gasteiger partial charge < -0.3 is 18.6 Å². The number of para-hydroxylation sites is 5. The van der Waals surface area contributed by atoms with Crippen molar-refractivity contribution in [2.75, 3.05) is 9.80 Å². The van der Waals surface area contributed by atoms with Gasteiger partial charge in [-0.15, -0.1) is 0 Å². The Labute approximate surface area is 323 Å². The summed E-state index contributed by atoms with van der Waals surface area (Å²) in [5.41, 5.74) is 12.1. The van der Waals surface area contributed by atoms with E-state index in [1.165, 1.54) is 10.9 Å². The van der Waals surface area contributed by atoms with Crippen LogP contribution in [0.5, 0.6) is 0 Å². The first-order valence-corrected chi connectivity index (χ1v) is 18.9. The zero-order valence-electron chi connectivity index (χ0n) is 30.3. The molecule has 0 unspecified atom stereocenters. The van der Waals surface area contributed by atoms with Gasteiger partial charge >= 0.3 is 0 Å². The highest BCUT2D eigenvalue weighted by Crippen LogP contribution is 2.47. The Kier molecular flexibility index (Phi) is 7.46. The van der Waals surface area contributed by atoms with Crippen molar-refractivity contribution >= 4 is 88.8 Å². The summed E-state index contributed by atoms with van der Waals surface area (Å²) in [6, 6.07) is 72.6. The minimum absolute atomic E-state index is 0.866. The second-order valence-corrected chi connectivity index (χ2v) is 14.1. The maximum absolute atomic E-state index is 6.53. The summed E-state index contributed by atoms with van der Waals surface area (Å²) < 4.78 is 12.9. The molecule has 2 aromatic heterocycles. The van der Waals surface area contributed by atoms with Crippen LogP contribution in [0.3, 0.4) is 0 Å². The molecule has 4 heteroatoms. The molecule has 11 rings (SSSR count). The second kappa shape index (κ2) is 13.1. The predicted molar refractivity (Wildman–Crippen MR) is 233 cm³/mol. The molecular formula is C52H34N2O2. The first-order chi connectivity index (χ1) is 27.8. The fourth-order valence-electron chi connectivity index (χ4n) is 8.36. The van der Waals surface area contributed by atoms with Gasteiger partial charge in [0.25, 0.3) is 0 Å². The standard InChI is InChI=1S/C52H34N2O2/c1-3-15-36(16-4-1)53(47-25-13-23-43-42-21-9-11-26-48(42)56-52(43)47)38-31-29-35(30-32-38)39-33-34-45(41-20-8-7-19-40(39)41)54(37-17-5-2-6-18-37)46-24-14-28-50-51(46)44-22-10-12-27-49(44)55-50/h1-34H. The first kappa shape index (κ1) is 31.9. The molecule has 0 atom stereocenters. The van der Waals surface area contributed by atoms with E-state index in [2.05, 4.69) is 192 Å². The molecule has 0 fully saturated rings. The van der Waals surface area contributed by atoms with Crippen molar-refractivity contribution in [3.63, 3.8) is 0 Å². The summed E-state index contributed by atoms with van der Waals surface area (Å²) in [5, 5.41) is 6.74. The monoisotopic (exact) mass is 718 g/mol. The van der Waals surface area contributed by atoms with Crippen molar-refractivity contribution in [2.24, 2.45) is 0 Å². The van der Waals surface area contributed by atoms with Crippen molar-refractivity contribution in [2.45, 2.75) is 0 Å². The smallest absolute Gasteiger partial charge is 0.159 e. The molecule has 0 saturated carbocycles. The average Bonchev–Trinajstić information content (AvgIpc) is 3.85. The maximum Gasteiger partial charge on any atom is 0.159 e. The summed E-state index contributed by atoms with van der Waals surface area (Å²) in [5.74, 6) is 0. The van der Waals surface area contributed by atoms with E-state index in [9.17, 15) is 0 Å². The number of benzene rings is 9. The van der Waals surface area contributed by atoms with Crippen LogP contribution in [0.1, 0.15) is 0 Å². The van der Waals surface area contributed by atoms with Crippen LogP contribution in [-0.2, 0) is 0 Å². The van der Waals surface area contributed by atoms with Crippen molar-refractivity contribution in [3.8, 4) is 11.1 Å². The third-order valence-electron chi connectivity index (χ3n) is 10.9. The molecule has 0 N–H and O–H groups in total. The molecule has 0 aliphatic heterocycles. The van der Waals surface area contributed by atoms with E-state index in [0.29, 0.717) is 0 Å². The number of hydrogen-bond acceptors (Lipinski definition) is 4. The van der Waals surface area contributed by atoms with Crippen LogP contribution in [0, 0.1) is 0 Å². The van der Waals surface area contributed by atoms with Gasteiger partial charge in [-0.3, -0.25) is 0 Å². The molecule has 9 aromatic carbocycles. The van der Waals surface area contributed by atoms with Gasteiger partial charge in [0.05, 0.1) is 22.4 Å². The summed E-state index contributed by atoms with van der Waals surface area (Å²) >= 11 is 0. The molecule has 11 aromatic rings. The Morgan fingerprint density at radius 2 is 0.821 bits per heavy atom. The molecule has 0 amide bonds. The highest BCUT2D eigenvalue weighted by molar-refractivity contribution is 6.15. The highest BCUT2D eigenvalue weighted by atomic mass is 16.3. The number of rotatable bonds is 7. The lowest BCUT2D eigenvalue weighted by molar-refractivity contribution is 0.668. The Morgan fingerprint density at radius 3 is 1.57 bits per heavy atom. The van der Waals surface area contributed by atoms with Crippen molar-refractivity contribution < 1.29 is 8.83 Å². The molecule has 4 nitrogen and oxygen atoms in total. The fourth-order valence-corrected chi connectivity index (χ4v) is 8.36. The third-order valence-corrected chi connectivity index (χ3v) is 10.9. The van der Waals surface area contributed by atoms with Crippen molar-refractivity contribution in [3.05, 3.63) is 206 Å². The Balaban J connectivity index is 1.05. The molecule has 0 aliphatic rings. The van der Waals surface area contributed by atoms with Gasteiger partial charge in [0.15, 0.2) is 5.58 Å². The molecular weight excluding hydrogens is 685 g/mol. The van der Waals surface area contributed by atoms with E-state index in [1.807, 2.05) is 24.3 Å². The number of nitrogens with zero attached hydrogens (tertiary/aromatic N) is 2. The van der Waals surface area contributed by atoms with Crippen molar-refractivity contribution in [1.82, 2.24) is 0 Å². The zero-order chi connectivity index (χ0) is 37.0. The van der Waals surface area contributed by atoms with Gasteiger partial charge in [-0.1, -0.05) is 133 Å². The number of hydrogen-bond donors (Lipinski definition) is 0. The van der Waals surface area contributed by atoms with Gasteiger partial charge in [0.2, 0.25) is 0 Å². The summed E-state index contributed by atoms with van der Waals surface area (Å²) in [4.78, 5) is 4.66. The minimum atomic E-state index is 0.866. The van der Waals surface area contributed by atoms with Crippen LogP contribution in [0.15, 0.2) is 215 Å². The Hall–Kier alpha value is -7.56. The molecule has 2 heterocycles. The minimum Gasteiger partial charge on any atom is -0.456 e. The maximum atomic E-state index is 6.53. The van der Waals surface area contributed by atoms with Gasteiger partial charge in [-0.2, -0.15) is 0 Å². The highest BCUT2D eigenvalue weighted by Gasteiger charge is 2.23. The third kappa shape index (κ3) is 5.15. The number of fused-ring (bicyclic) bond motifs is 7. The second-order valence-electron chi connectivity index (χ2n) is 14.1. The quantitative estimate of drug-likeness (QED) is 0.164. The molecule has 56 heavy (non-hydrogen) atoms. The Bertz CT molecular complexity index is 3200. The van der Waals surface area contributed by atoms with Crippen LogP contribution >= 0.6 is 0 Å². The first-order valence-electron chi connectivity index (χ1n) is 18.9. The van der Waals surface area contributed by atoms with Crippen LogP contribution in [0.2, 0.25) is 0 Å². The van der Waals surface area contributed by atoms with E-state index in [4.69, 9.17) is 8.83 Å². The molecule has 0 spiro atoms. The molecule has 0 radical (unpaired) electrons. The lowest BCUT2D eigenvalue weighted by Crippen LogP contribution is -2.11. The van der Waals surface area contributed by atoms with Gasteiger partial charge in [0.1, 0.15) is 16.7 Å². The summed E-state index contributed by atoms with van der Waals surface area (Å²) in [6.45, 7) is 0. The van der Waals surface area contributed by atoms with E-state index >= 15 is 0 Å². The Morgan fingerprint density at radius 1 is 0.286 bits per heavy atom. The van der Waals surface area contributed by atoms with E-state index in [-0.39, 0.29) is 0 Å². The fraction of sp³-hybridized carbons (Fsp3) is 0. The SMILES string of the molecule is c1ccc(N(c2ccc(-c3ccc(N(c4ccccc4)c4cccc5oc6ccccc6c45)c4ccccc34)cc2)c2cccc3c2oc2ccccc23)cc1. The lowest BCUT2D eigenvalue weighted by atomic mass is 9.95. The number of furan rings is 2. The van der Waals surface area contributed by atoms with Crippen LogP contribution in [-0.4, -0.2) is 0 Å². The number of anilines is 6. The van der Waals surface area contributed by atoms with E-state index in [0.717, 1.165) is 89.0 Å². The van der Waals surface area contributed by atoms with Crippen molar-refractivity contribution in [1.29, 1.82) is 0 Å². The van der Waals surface area contributed by atoms with Crippen LogP contribution in [0.4, 0.5) is 34.1 Å². The van der Waals surface area contributed by atoms with Gasteiger partial charge in [-0.05, 0) is 89.3 Å². The van der Waals surface area contributed by atoms with Crippen LogP contribution < -0.4 is 9.80 Å². The molecule has 0 saturated heterocycles. The molecule has 0 aliphatic carbocycles. The molecule has 0 bridgehead atoms. The summed E-state index contributed by atoms with van der Waals surface area (Å²) in [7, 11) is 0. The lowest BCUT2D eigenvalue weighted by Gasteiger charge is -2.28. The van der Waals surface area contributed by atoms with Crippen LogP contribution in [0.25, 0.3) is 65.8 Å². The molecule has 264 valence electrons. The predicted octanol–water partition coefficient (Wildman–Crippen LogP) is 15.2. The van der Waals surface area contributed by atoms with Gasteiger partial charge in [0, 0.05) is 38.6 Å².